The lowest BCUT2D eigenvalue weighted by Gasteiger charge is -2.39. The van der Waals surface area contributed by atoms with E-state index in [1.54, 1.807) is 29.0 Å². The van der Waals surface area contributed by atoms with Crippen molar-refractivity contribution in [2.45, 2.75) is 66.9 Å². The Hall–Kier alpha value is -5.10. The van der Waals surface area contributed by atoms with Crippen molar-refractivity contribution >= 4 is 56.1 Å². The van der Waals surface area contributed by atoms with E-state index >= 15 is 9.59 Å². The SMILES string of the molecule is C=CCCC(=O)N(C)[C@H](C)[C@H](OC(=O)[C@H]1[C@@H]2O[C@@]3(CC2Br)[C@@H]1C(=O)N([C@H](CO)c1ccccc1)[C@@H]3C(=O)N(CC=C)c1ccc2ccccc2c1)c1ccccc1. The summed E-state index contributed by atoms with van der Waals surface area (Å²) in [6, 6.07) is 29.2. The fourth-order valence-corrected chi connectivity index (χ4v) is 9.99. The van der Waals surface area contributed by atoms with E-state index in [0.29, 0.717) is 23.2 Å². The van der Waals surface area contributed by atoms with Crippen LogP contribution in [0.15, 0.2) is 128 Å². The van der Waals surface area contributed by atoms with Gasteiger partial charge in [-0.2, -0.15) is 0 Å². The topological polar surface area (TPSA) is 117 Å². The number of anilines is 1. The Morgan fingerprint density at radius 3 is 2.26 bits per heavy atom. The van der Waals surface area contributed by atoms with Crippen molar-refractivity contribution in [1.82, 2.24) is 9.80 Å². The summed E-state index contributed by atoms with van der Waals surface area (Å²) in [5.41, 5.74) is 0.481. The molecule has 57 heavy (non-hydrogen) atoms. The van der Waals surface area contributed by atoms with Crippen LogP contribution in [0.25, 0.3) is 10.8 Å². The highest BCUT2D eigenvalue weighted by Crippen LogP contribution is 2.62. The van der Waals surface area contributed by atoms with Gasteiger partial charge in [-0.05, 0) is 53.8 Å². The maximum Gasteiger partial charge on any atom is 0.313 e. The molecule has 9 atom stereocenters. The number of aliphatic hydroxyl groups is 1. The minimum atomic E-state index is -1.44. The number of aliphatic hydroxyl groups excluding tert-OH is 1. The first-order chi connectivity index (χ1) is 27.6. The first-order valence-corrected chi connectivity index (χ1v) is 20.3. The van der Waals surface area contributed by atoms with Gasteiger partial charge in [0.2, 0.25) is 11.8 Å². The van der Waals surface area contributed by atoms with Crippen molar-refractivity contribution in [1.29, 1.82) is 0 Å². The number of carbonyl (C=O) groups is 4. The molecule has 0 saturated carbocycles. The van der Waals surface area contributed by atoms with E-state index in [0.717, 1.165) is 10.8 Å². The van der Waals surface area contributed by atoms with Gasteiger partial charge < -0.3 is 29.3 Å². The molecule has 0 aromatic heterocycles. The van der Waals surface area contributed by atoms with Gasteiger partial charge >= 0.3 is 5.97 Å². The van der Waals surface area contributed by atoms with Gasteiger partial charge in [-0.1, -0.05) is 119 Å². The number of amides is 3. The van der Waals surface area contributed by atoms with Crippen LogP contribution in [-0.4, -0.2) is 87.4 Å². The van der Waals surface area contributed by atoms with Crippen LogP contribution < -0.4 is 4.90 Å². The van der Waals surface area contributed by atoms with Gasteiger partial charge in [-0.25, -0.2) is 0 Å². The molecule has 296 valence electrons. The van der Waals surface area contributed by atoms with Crippen LogP contribution in [0.4, 0.5) is 5.69 Å². The molecule has 7 rings (SSSR count). The molecule has 4 aromatic carbocycles. The summed E-state index contributed by atoms with van der Waals surface area (Å²) in [5, 5.41) is 13.0. The summed E-state index contributed by atoms with van der Waals surface area (Å²) in [5.74, 6) is -3.88. The number of rotatable bonds is 15. The maximum atomic E-state index is 15.4. The Kier molecular flexibility index (Phi) is 11.8. The third-order valence-electron chi connectivity index (χ3n) is 11.9. The molecule has 3 aliphatic heterocycles. The number of halogens is 1. The molecule has 0 radical (unpaired) electrons. The summed E-state index contributed by atoms with van der Waals surface area (Å²) in [7, 11) is 1.68. The van der Waals surface area contributed by atoms with E-state index in [2.05, 4.69) is 29.1 Å². The molecular weight excluding hydrogens is 786 g/mol. The number of likely N-dealkylation sites (N-methyl/N-ethyl adjacent to an activating group) is 1. The first-order valence-electron chi connectivity index (χ1n) is 19.4. The number of hydrogen-bond acceptors (Lipinski definition) is 7. The summed E-state index contributed by atoms with van der Waals surface area (Å²) in [4.78, 5) is 62.8. The lowest BCUT2D eigenvalue weighted by Crippen LogP contribution is -2.57. The third kappa shape index (κ3) is 7.21. The van der Waals surface area contributed by atoms with Crippen LogP contribution in [-0.2, 0) is 28.7 Å². The summed E-state index contributed by atoms with van der Waals surface area (Å²) in [6.07, 6.45) is 2.67. The van der Waals surface area contributed by atoms with E-state index in [1.807, 2.05) is 110 Å². The third-order valence-corrected chi connectivity index (χ3v) is 12.8. The molecule has 3 aliphatic rings. The molecule has 3 amide bonds. The second-order valence-corrected chi connectivity index (χ2v) is 16.3. The Morgan fingerprint density at radius 2 is 1.61 bits per heavy atom. The van der Waals surface area contributed by atoms with Gasteiger partial charge in [-0.3, -0.25) is 19.2 Å². The molecule has 1 N–H and O–H groups in total. The standard InChI is InChI=1S/C46H48BrN3O7/c1-5-7-22-37(52)48(4)29(3)40(32-19-12-9-13-20-32)56-45(55)38-39-43(53)50(36(28-51)31-17-10-8-11-18-31)42(46(39)27-35(47)41(38)57-46)44(54)49(25-6-2)34-24-23-30-16-14-15-21-33(30)26-34/h5-6,8-21,23-24,26,29,35-36,38-42,51H,1-2,7,22,25,27-28H2,3-4H3/t29-,35?,36-,38-,39+,40+,41-,42-,46+/m1/s1. The number of hydrogen-bond donors (Lipinski definition) is 1. The second kappa shape index (κ2) is 16.8. The fourth-order valence-electron chi connectivity index (χ4n) is 9.05. The van der Waals surface area contributed by atoms with Gasteiger partial charge in [0.1, 0.15) is 17.7 Å². The number of ether oxygens (including phenoxy) is 2. The van der Waals surface area contributed by atoms with Crippen LogP contribution in [0.1, 0.15) is 49.5 Å². The number of benzene rings is 4. The molecule has 0 aliphatic carbocycles. The van der Waals surface area contributed by atoms with Crippen LogP contribution in [0.5, 0.6) is 0 Å². The zero-order valence-corrected chi connectivity index (χ0v) is 33.7. The second-order valence-electron chi connectivity index (χ2n) is 15.1. The van der Waals surface area contributed by atoms with E-state index in [1.165, 1.54) is 4.90 Å². The molecule has 3 heterocycles. The zero-order chi connectivity index (χ0) is 40.4. The quantitative estimate of drug-likeness (QED) is 0.0785. The van der Waals surface area contributed by atoms with Crippen molar-refractivity contribution in [3.05, 3.63) is 140 Å². The van der Waals surface area contributed by atoms with Gasteiger partial charge in [-0.15, -0.1) is 13.2 Å². The zero-order valence-electron chi connectivity index (χ0n) is 32.2. The van der Waals surface area contributed by atoms with E-state index in [-0.39, 0.29) is 25.3 Å². The highest BCUT2D eigenvalue weighted by Gasteiger charge is 2.78. The Labute approximate surface area is 341 Å². The Bertz CT molecular complexity index is 2150. The van der Waals surface area contributed by atoms with Crippen molar-refractivity contribution in [2.75, 3.05) is 25.1 Å². The Balaban J connectivity index is 1.30. The van der Waals surface area contributed by atoms with Crippen molar-refractivity contribution in [3.8, 4) is 0 Å². The minimum absolute atomic E-state index is 0.128. The van der Waals surface area contributed by atoms with Crippen molar-refractivity contribution in [3.63, 3.8) is 0 Å². The van der Waals surface area contributed by atoms with Crippen molar-refractivity contribution in [2.24, 2.45) is 11.8 Å². The van der Waals surface area contributed by atoms with Crippen molar-refractivity contribution < 1.29 is 33.8 Å². The number of alkyl halides is 1. The largest absolute Gasteiger partial charge is 0.455 e. The van der Waals surface area contributed by atoms with Gasteiger partial charge in [0, 0.05) is 30.5 Å². The molecule has 2 bridgehead atoms. The lowest BCUT2D eigenvalue weighted by molar-refractivity contribution is -0.165. The predicted octanol–water partition coefficient (Wildman–Crippen LogP) is 6.94. The molecule has 1 unspecified atom stereocenters. The minimum Gasteiger partial charge on any atom is -0.455 e. The number of carbonyl (C=O) groups excluding carboxylic acids is 4. The number of allylic oxidation sites excluding steroid dienone is 1. The average Bonchev–Trinajstić information content (AvgIpc) is 3.84. The van der Waals surface area contributed by atoms with E-state index in [4.69, 9.17) is 9.47 Å². The predicted molar refractivity (Wildman–Crippen MR) is 222 cm³/mol. The monoisotopic (exact) mass is 833 g/mol. The first kappa shape index (κ1) is 40.1. The Morgan fingerprint density at radius 1 is 0.965 bits per heavy atom. The summed E-state index contributed by atoms with van der Waals surface area (Å²) >= 11 is 3.78. The molecule has 1 spiro atoms. The molecular formula is C46H48BrN3O7. The molecule has 3 saturated heterocycles. The summed E-state index contributed by atoms with van der Waals surface area (Å²) < 4.78 is 13.3. The smallest absolute Gasteiger partial charge is 0.313 e. The molecule has 10 nitrogen and oxygen atoms in total. The number of fused-ring (bicyclic) bond motifs is 2. The van der Waals surface area contributed by atoms with Crippen LogP contribution in [0, 0.1) is 11.8 Å². The van der Waals surface area contributed by atoms with Crippen LogP contribution >= 0.6 is 15.9 Å². The van der Waals surface area contributed by atoms with Gasteiger partial charge in [0.05, 0.1) is 36.6 Å². The number of likely N-dealkylation sites (tertiary alicyclic amines) is 1. The normalized spacial score (nSPS) is 25.0. The summed E-state index contributed by atoms with van der Waals surface area (Å²) in [6.45, 7) is 9.16. The fraction of sp³-hybridized carbons (Fsp3) is 0.348. The van der Waals surface area contributed by atoms with Gasteiger partial charge in [0.15, 0.2) is 0 Å². The van der Waals surface area contributed by atoms with Crippen LogP contribution in [0.3, 0.4) is 0 Å². The van der Waals surface area contributed by atoms with Gasteiger partial charge in [0.25, 0.3) is 5.91 Å². The average molecular weight is 835 g/mol. The lowest BCUT2D eigenvalue weighted by atomic mass is 9.70. The van der Waals surface area contributed by atoms with E-state index in [9.17, 15) is 14.7 Å². The number of esters is 1. The maximum absolute atomic E-state index is 15.4. The highest BCUT2D eigenvalue weighted by atomic mass is 79.9. The molecule has 11 heteroatoms. The van der Waals surface area contributed by atoms with E-state index < -0.39 is 77.0 Å². The van der Waals surface area contributed by atoms with Crippen LogP contribution in [0.2, 0.25) is 0 Å². The molecule has 4 aromatic rings. The number of nitrogens with zero attached hydrogens (tertiary/aromatic N) is 3. The molecule has 3 fully saturated rings. The highest BCUT2D eigenvalue weighted by molar-refractivity contribution is 9.09.